The van der Waals surface area contributed by atoms with Crippen LogP contribution in [0.1, 0.15) is 6.42 Å². The number of carbonyl (C=O) groups is 1. The number of aromatic nitrogens is 2. The van der Waals surface area contributed by atoms with Crippen LogP contribution in [0.2, 0.25) is 0 Å². The normalized spacial score (nSPS) is 13.6. The van der Waals surface area contributed by atoms with Crippen LogP contribution in [0.25, 0.3) is 0 Å². The fourth-order valence-corrected chi connectivity index (χ4v) is 2.13. The van der Waals surface area contributed by atoms with Crippen LogP contribution < -0.4 is 4.72 Å². The largest absolute Gasteiger partial charge is 0.480 e. The summed E-state index contributed by atoms with van der Waals surface area (Å²) in [6.45, 7) is -0.428. The Labute approximate surface area is 91.4 Å². The number of sulfonamides is 1. The average molecular weight is 249 g/mol. The molecule has 1 heterocycles. The van der Waals surface area contributed by atoms with Gasteiger partial charge in [-0.1, -0.05) is 0 Å². The molecule has 0 aliphatic carbocycles. The van der Waals surface area contributed by atoms with Crippen LogP contribution in [0.5, 0.6) is 0 Å². The molecule has 1 aromatic heterocycles. The van der Waals surface area contributed by atoms with Gasteiger partial charge in [0.15, 0.2) is 5.03 Å². The highest BCUT2D eigenvalue weighted by Gasteiger charge is 2.25. The van der Waals surface area contributed by atoms with Crippen molar-refractivity contribution in [3.63, 3.8) is 0 Å². The highest BCUT2D eigenvalue weighted by atomic mass is 32.2. The zero-order chi connectivity index (χ0) is 12.2. The monoisotopic (exact) mass is 249 g/mol. The van der Waals surface area contributed by atoms with E-state index < -0.39 is 28.6 Å². The highest BCUT2D eigenvalue weighted by molar-refractivity contribution is 7.89. The molecular formula is C7H11N3O5S. The second-order valence-corrected chi connectivity index (χ2v) is 4.62. The van der Waals surface area contributed by atoms with Crippen LogP contribution in [0.4, 0.5) is 0 Å². The van der Waals surface area contributed by atoms with Gasteiger partial charge >= 0.3 is 5.97 Å². The van der Waals surface area contributed by atoms with Gasteiger partial charge in [-0.3, -0.25) is 4.79 Å². The Balaban J connectivity index is 2.82. The van der Waals surface area contributed by atoms with Crippen molar-refractivity contribution >= 4 is 16.0 Å². The molecule has 9 heteroatoms. The fraction of sp³-hybridized carbons (Fsp3) is 0.429. The molecule has 0 bridgehead atoms. The van der Waals surface area contributed by atoms with E-state index in [9.17, 15) is 13.2 Å². The van der Waals surface area contributed by atoms with Gasteiger partial charge < -0.3 is 15.2 Å². The van der Waals surface area contributed by atoms with Crippen molar-refractivity contribution in [2.24, 2.45) is 0 Å². The molecule has 90 valence electrons. The van der Waals surface area contributed by atoms with Crippen molar-refractivity contribution in [3.05, 3.63) is 12.5 Å². The highest BCUT2D eigenvalue weighted by Crippen LogP contribution is 2.04. The summed E-state index contributed by atoms with van der Waals surface area (Å²) in [5.74, 6) is -1.35. The first-order valence-corrected chi connectivity index (χ1v) is 5.80. The summed E-state index contributed by atoms with van der Waals surface area (Å²) < 4.78 is 25.0. The van der Waals surface area contributed by atoms with Gasteiger partial charge in [0.25, 0.3) is 10.0 Å². The van der Waals surface area contributed by atoms with Crippen LogP contribution in [0, 0.1) is 0 Å². The number of hydrogen-bond acceptors (Lipinski definition) is 5. The molecule has 1 atom stereocenters. The number of hydrogen-bond donors (Lipinski definition) is 4. The number of aliphatic carboxylic acids is 1. The number of nitrogens with zero attached hydrogens (tertiary/aromatic N) is 1. The second kappa shape index (κ2) is 5.05. The fourth-order valence-electron chi connectivity index (χ4n) is 1.00. The molecule has 0 saturated carbocycles. The molecule has 4 N–H and O–H groups in total. The van der Waals surface area contributed by atoms with E-state index in [2.05, 4.69) is 9.97 Å². The number of nitrogens with one attached hydrogen (secondary N) is 2. The van der Waals surface area contributed by atoms with Crippen LogP contribution in [-0.4, -0.2) is 47.2 Å². The maximum atomic E-state index is 11.6. The van der Waals surface area contributed by atoms with Crippen LogP contribution in [-0.2, 0) is 14.8 Å². The van der Waals surface area contributed by atoms with Gasteiger partial charge in [-0.2, -0.15) is 4.72 Å². The van der Waals surface area contributed by atoms with Crippen molar-refractivity contribution in [2.45, 2.75) is 17.5 Å². The standard InChI is InChI=1S/C7H11N3O5S/c11-2-1-5(7(12)13)10-16(14,15)6-3-8-4-9-6/h3-5,10-11H,1-2H2,(H,8,9)(H,12,13)/t5-/m0/s1. The second-order valence-electron chi connectivity index (χ2n) is 2.94. The molecule has 0 fully saturated rings. The predicted octanol–water partition coefficient (Wildman–Crippen LogP) is -1.48. The molecule has 0 spiro atoms. The minimum Gasteiger partial charge on any atom is -0.480 e. The number of aliphatic hydroxyl groups is 1. The first kappa shape index (κ1) is 12.6. The Bertz CT molecular complexity index is 441. The topological polar surface area (TPSA) is 132 Å². The number of aliphatic hydroxyl groups excluding tert-OH is 1. The van der Waals surface area contributed by atoms with Crippen molar-refractivity contribution in [1.29, 1.82) is 0 Å². The van der Waals surface area contributed by atoms with Gasteiger partial charge in [-0.05, 0) is 6.42 Å². The Morgan fingerprint density at radius 1 is 1.62 bits per heavy atom. The molecular weight excluding hydrogens is 238 g/mol. The van der Waals surface area contributed by atoms with E-state index in [-0.39, 0.29) is 11.4 Å². The van der Waals surface area contributed by atoms with E-state index in [1.165, 1.54) is 0 Å². The van der Waals surface area contributed by atoms with Crippen LogP contribution in [0.3, 0.4) is 0 Å². The number of imidazole rings is 1. The third-order valence-corrected chi connectivity index (χ3v) is 3.17. The molecule has 1 aromatic rings. The number of carboxylic acid groups (broad SMARTS) is 1. The number of rotatable bonds is 6. The number of carboxylic acids is 1. The zero-order valence-corrected chi connectivity index (χ0v) is 8.94. The average Bonchev–Trinajstić information content (AvgIpc) is 2.69. The van der Waals surface area contributed by atoms with Crippen molar-refractivity contribution in [1.82, 2.24) is 14.7 Å². The molecule has 0 aliphatic heterocycles. The lowest BCUT2D eigenvalue weighted by molar-refractivity contribution is -0.139. The maximum absolute atomic E-state index is 11.6. The minimum atomic E-state index is -3.94. The lowest BCUT2D eigenvalue weighted by Crippen LogP contribution is -2.41. The summed E-state index contributed by atoms with van der Waals surface area (Å²) >= 11 is 0. The Morgan fingerprint density at radius 2 is 2.31 bits per heavy atom. The van der Waals surface area contributed by atoms with E-state index in [4.69, 9.17) is 10.2 Å². The van der Waals surface area contributed by atoms with E-state index in [0.29, 0.717) is 0 Å². The molecule has 16 heavy (non-hydrogen) atoms. The lowest BCUT2D eigenvalue weighted by Gasteiger charge is -2.12. The first-order chi connectivity index (χ1) is 7.47. The molecule has 0 aromatic carbocycles. The predicted molar refractivity (Wildman–Crippen MR) is 52.0 cm³/mol. The van der Waals surface area contributed by atoms with Crippen molar-refractivity contribution < 1.29 is 23.4 Å². The van der Waals surface area contributed by atoms with Crippen LogP contribution in [0.15, 0.2) is 17.6 Å². The summed E-state index contributed by atoms with van der Waals surface area (Å²) in [5.41, 5.74) is 0. The minimum absolute atomic E-state index is 0.206. The maximum Gasteiger partial charge on any atom is 0.321 e. The molecule has 0 unspecified atom stereocenters. The summed E-state index contributed by atoms with van der Waals surface area (Å²) in [5, 5.41) is 17.1. The van der Waals surface area contributed by atoms with Crippen molar-refractivity contribution in [3.8, 4) is 0 Å². The summed E-state index contributed by atoms with van der Waals surface area (Å²) in [4.78, 5) is 16.5. The number of H-pyrrole nitrogens is 1. The molecule has 0 radical (unpaired) electrons. The third kappa shape index (κ3) is 3.02. The van der Waals surface area contributed by atoms with E-state index in [1.54, 1.807) is 0 Å². The van der Waals surface area contributed by atoms with E-state index in [0.717, 1.165) is 12.5 Å². The third-order valence-electron chi connectivity index (χ3n) is 1.78. The SMILES string of the molecule is O=C(O)[C@H](CCO)NS(=O)(=O)c1cnc[nH]1. The van der Waals surface area contributed by atoms with E-state index in [1.807, 2.05) is 4.72 Å². The molecule has 0 amide bonds. The van der Waals surface area contributed by atoms with Gasteiger partial charge in [-0.15, -0.1) is 0 Å². The smallest absolute Gasteiger partial charge is 0.321 e. The Morgan fingerprint density at radius 3 is 2.75 bits per heavy atom. The first-order valence-electron chi connectivity index (χ1n) is 4.31. The molecule has 1 rings (SSSR count). The molecule has 0 aliphatic rings. The summed E-state index contributed by atoms with van der Waals surface area (Å²) in [7, 11) is -3.94. The van der Waals surface area contributed by atoms with Crippen LogP contribution >= 0.6 is 0 Å². The molecule has 0 saturated heterocycles. The molecule has 8 nitrogen and oxygen atoms in total. The van der Waals surface area contributed by atoms with Crippen molar-refractivity contribution in [2.75, 3.05) is 6.61 Å². The van der Waals surface area contributed by atoms with Gasteiger partial charge in [0, 0.05) is 6.61 Å². The zero-order valence-electron chi connectivity index (χ0n) is 8.12. The Kier molecular flexibility index (Phi) is 3.99. The van der Waals surface area contributed by atoms with E-state index >= 15 is 0 Å². The van der Waals surface area contributed by atoms with Gasteiger partial charge in [-0.25, -0.2) is 13.4 Å². The summed E-state index contributed by atoms with van der Waals surface area (Å²) in [6, 6.07) is -1.36. The van der Waals surface area contributed by atoms with Gasteiger partial charge in [0.05, 0.1) is 12.5 Å². The summed E-state index contributed by atoms with van der Waals surface area (Å²) in [6.07, 6.45) is 2.01. The lowest BCUT2D eigenvalue weighted by atomic mass is 10.2. The quantitative estimate of drug-likeness (QED) is 0.486. The Hall–Kier alpha value is -1.45. The van der Waals surface area contributed by atoms with Gasteiger partial charge in [0.1, 0.15) is 6.04 Å². The van der Waals surface area contributed by atoms with Gasteiger partial charge in [0.2, 0.25) is 0 Å². The number of aromatic amines is 1.